The lowest BCUT2D eigenvalue weighted by Gasteiger charge is -2.20. The lowest BCUT2D eigenvalue weighted by Crippen LogP contribution is -2.19. The van der Waals surface area contributed by atoms with Crippen molar-refractivity contribution in [2.24, 2.45) is 4.99 Å². The highest BCUT2D eigenvalue weighted by Gasteiger charge is 2.13. The Bertz CT molecular complexity index is 409. The predicted molar refractivity (Wildman–Crippen MR) is 77.3 cm³/mol. The average molecular weight is 274 g/mol. The fourth-order valence-corrected chi connectivity index (χ4v) is 3.84. The van der Waals surface area contributed by atoms with Crippen LogP contribution in [0.15, 0.2) is 35.3 Å². The summed E-state index contributed by atoms with van der Waals surface area (Å²) >= 11 is 6.95. The lowest BCUT2D eigenvalue weighted by molar-refractivity contribution is 0.612. The minimum atomic E-state index is -2.07. The summed E-state index contributed by atoms with van der Waals surface area (Å²) in [6, 6.07) is 9.59. The van der Waals surface area contributed by atoms with Gasteiger partial charge in [-0.05, 0) is 30.2 Å². The van der Waals surface area contributed by atoms with E-state index >= 15 is 0 Å². The Morgan fingerprint density at radius 3 is 2.56 bits per heavy atom. The van der Waals surface area contributed by atoms with E-state index in [1.807, 2.05) is 43.3 Å². The number of aliphatic imine (C=N–C) groups is 1. The highest BCUT2D eigenvalue weighted by molar-refractivity contribution is 8.16. The highest BCUT2D eigenvalue weighted by atomic mass is 32.4. The van der Waals surface area contributed by atoms with Crippen molar-refractivity contribution in [1.29, 1.82) is 0 Å². The molecule has 1 aromatic carbocycles. The molecule has 1 aromatic rings. The summed E-state index contributed by atoms with van der Waals surface area (Å²) in [5, 5.41) is 3.97. The minimum Gasteiger partial charge on any atom is -0.449 e. The van der Waals surface area contributed by atoms with Crippen molar-refractivity contribution in [2.45, 2.75) is 0 Å². The van der Waals surface area contributed by atoms with Crippen LogP contribution in [0.3, 0.4) is 0 Å². The van der Waals surface area contributed by atoms with E-state index in [-0.39, 0.29) is 0 Å². The number of hydrogen-bond acceptors (Lipinski definition) is 4. The van der Waals surface area contributed by atoms with E-state index in [0.29, 0.717) is 0 Å². The van der Waals surface area contributed by atoms with Crippen LogP contribution in [0.1, 0.15) is 0 Å². The quantitative estimate of drug-likeness (QED) is 0.522. The van der Waals surface area contributed by atoms with Crippen molar-refractivity contribution in [3.63, 3.8) is 0 Å². The highest BCUT2D eigenvalue weighted by Crippen LogP contribution is 2.39. The molecular formula is C10H15N2OPS2. The van der Waals surface area contributed by atoms with E-state index in [4.69, 9.17) is 16.3 Å². The second-order valence-corrected chi connectivity index (χ2v) is 8.08. The molecule has 0 aromatic heterocycles. The molecule has 0 aliphatic rings. The van der Waals surface area contributed by atoms with Gasteiger partial charge in [-0.25, -0.2) is 0 Å². The van der Waals surface area contributed by atoms with Gasteiger partial charge < -0.3 is 9.61 Å². The molecule has 16 heavy (non-hydrogen) atoms. The normalized spacial score (nSPS) is 15.3. The van der Waals surface area contributed by atoms with Gasteiger partial charge in [0.25, 0.3) is 0 Å². The summed E-state index contributed by atoms with van der Waals surface area (Å²) in [5.41, 5.74) is 0. The zero-order chi connectivity index (χ0) is 12.0. The Kier molecular flexibility index (Phi) is 5.32. The van der Waals surface area contributed by atoms with Crippen LogP contribution >= 0.6 is 18.2 Å². The molecule has 1 rings (SSSR count). The molecule has 0 aliphatic heterocycles. The number of nitrogens with zero attached hydrogens (tertiary/aromatic N) is 1. The van der Waals surface area contributed by atoms with Gasteiger partial charge in [-0.2, -0.15) is 0 Å². The van der Waals surface area contributed by atoms with Crippen molar-refractivity contribution in [2.75, 3.05) is 20.0 Å². The molecule has 1 N–H and O–H groups in total. The number of amidine groups is 1. The number of para-hydroxylation sites is 1. The van der Waals surface area contributed by atoms with Gasteiger partial charge in [-0.3, -0.25) is 4.99 Å². The van der Waals surface area contributed by atoms with Crippen LogP contribution in [0.4, 0.5) is 0 Å². The third kappa shape index (κ3) is 4.56. The van der Waals surface area contributed by atoms with Gasteiger partial charge >= 0.3 is 0 Å². The van der Waals surface area contributed by atoms with E-state index < -0.39 is 6.42 Å². The third-order valence-corrected chi connectivity index (χ3v) is 4.22. The molecule has 0 saturated heterocycles. The fourth-order valence-electron chi connectivity index (χ4n) is 1.07. The molecule has 0 bridgehead atoms. The SMILES string of the molecule is CN=C(NP(C)(=S)Oc1ccccc1)SC. The Labute approximate surface area is 106 Å². The topological polar surface area (TPSA) is 33.6 Å². The molecule has 0 saturated carbocycles. The number of hydrogen-bond donors (Lipinski definition) is 1. The number of rotatable bonds is 3. The first-order valence-corrected chi connectivity index (χ1v) is 9.08. The zero-order valence-electron chi connectivity index (χ0n) is 9.51. The monoisotopic (exact) mass is 274 g/mol. The molecule has 0 radical (unpaired) electrons. The molecular weight excluding hydrogens is 259 g/mol. The van der Waals surface area contributed by atoms with Crippen molar-refractivity contribution >= 4 is 35.2 Å². The van der Waals surface area contributed by atoms with E-state index in [1.165, 1.54) is 11.8 Å². The van der Waals surface area contributed by atoms with E-state index in [9.17, 15) is 0 Å². The van der Waals surface area contributed by atoms with Crippen molar-refractivity contribution in [1.82, 2.24) is 5.09 Å². The van der Waals surface area contributed by atoms with Crippen LogP contribution in [-0.4, -0.2) is 25.1 Å². The van der Waals surface area contributed by atoms with E-state index in [1.54, 1.807) is 7.05 Å². The smallest absolute Gasteiger partial charge is 0.200 e. The summed E-state index contributed by atoms with van der Waals surface area (Å²) in [6.07, 6.45) is -0.120. The number of benzene rings is 1. The second-order valence-electron chi connectivity index (χ2n) is 3.09. The molecule has 0 heterocycles. The summed E-state index contributed by atoms with van der Waals surface area (Å²) < 4.78 is 5.76. The summed E-state index contributed by atoms with van der Waals surface area (Å²) in [7, 11) is 1.73. The number of nitrogens with one attached hydrogen (secondary N) is 1. The maximum Gasteiger partial charge on any atom is 0.200 e. The molecule has 0 amide bonds. The summed E-state index contributed by atoms with van der Waals surface area (Å²) in [5.74, 6) is 0.789. The predicted octanol–water partition coefficient (Wildman–Crippen LogP) is 2.94. The summed E-state index contributed by atoms with van der Waals surface area (Å²) in [4.78, 5) is 4.08. The van der Waals surface area contributed by atoms with Crippen LogP contribution in [0.5, 0.6) is 5.75 Å². The van der Waals surface area contributed by atoms with Crippen LogP contribution < -0.4 is 9.61 Å². The number of thioether (sulfide) groups is 1. The van der Waals surface area contributed by atoms with Gasteiger partial charge in [-0.1, -0.05) is 30.0 Å². The Morgan fingerprint density at radius 2 is 2.06 bits per heavy atom. The van der Waals surface area contributed by atoms with Crippen LogP contribution in [-0.2, 0) is 11.8 Å². The van der Waals surface area contributed by atoms with Crippen molar-refractivity contribution < 1.29 is 4.52 Å². The Balaban J connectivity index is 2.69. The zero-order valence-corrected chi connectivity index (χ0v) is 12.0. The van der Waals surface area contributed by atoms with E-state index in [0.717, 1.165) is 10.9 Å². The van der Waals surface area contributed by atoms with Gasteiger partial charge in [0.05, 0.1) is 0 Å². The minimum absolute atomic E-state index is 0.789. The van der Waals surface area contributed by atoms with Gasteiger partial charge in [-0.15, -0.1) is 0 Å². The largest absolute Gasteiger partial charge is 0.449 e. The second kappa shape index (κ2) is 6.28. The fraction of sp³-hybridized carbons (Fsp3) is 0.300. The van der Waals surface area contributed by atoms with Crippen molar-refractivity contribution in [3.05, 3.63) is 30.3 Å². The molecule has 6 heteroatoms. The molecule has 88 valence electrons. The Morgan fingerprint density at radius 1 is 1.44 bits per heavy atom. The maximum atomic E-state index is 5.76. The van der Waals surface area contributed by atoms with Crippen LogP contribution in [0.2, 0.25) is 0 Å². The molecule has 0 fully saturated rings. The molecule has 3 nitrogen and oxygen atoms in total. The molecule has 0 aliphatic carbocycles. The average Bonchev–Trinajstić information content (AvgIpc) is 2.26. The first-order valence-electron chi connectivity index (χ1n) is 4.68. The molecule has 0 spiro atoms. The first-order chi connectivity index (χ1) is 7.57. The van der Waals surface area contributed by atoms with Gasteiger partial charge in [0.2, 0.25) is 6.42 Å². The van der Waals surface area contributed by atoms with Gasteiger partial charge in [0, 0.05) is 13.7 Å². The van der Waals surface area contributed by atoms with E-state index in [2.05, 4.69) is 10.1 Å². The molecule has 1 atom stereocenters. The van der Waals surface area contributed by atoms with Crippen LogP contribution in [0, 0.1) is 0 Å². The van der Waals surface area contributed by atoms with Crippen LogP contribution in [0.25, 0.3) is 0 Å². The van der Waals surface area contributed by atoms with Gasteiger partial charge in [0.15, 0.2) is 5.17 Å². The Hall–Kier alpha value is -0.510. The van der Waals surface area contributed by atoms with Crippen molar-refractivity contribution in [3.8, 4) is 5.75 Å². The molecule has 1 unspecified atom stereocenters. The maximum absolute atomic E-state index is 5.76. The third-order valence-electron chi connectivity index (χ3n) is 1.72. The standard InChI is InChI=1S/C10H15N2OPS2/c1-11-10(16-3)12-14(2,15)13-9-7-5-4-6-8-9/h4-8H,1-3H3,(H,11,12,15). The lowest BCUT2D eigenvalue weighted by atomic mass is 10.3. The summed E-state index contributed by atoms with van der Waals surface area (Å²) in [6.45, 7) is 1.90. The first kappa shape index (κ1) is 13.6. The van der Waals surface area contributed by atoms with Gasteiger partial charge in [0.1, 0.15) is 5.75 Å².